The van der Waals surface area contributed by atoms with Crippen LogP contribution >= 0.6 is 11.3 Å². The summed E-state index contributed by atoms with van der Waals surface area (Å²) in [7, 11) is 1.69. The van der Waals surface area contributed by atoms with Gasteiger partial charge in [-0.25, -0.2) is 4.98 Å². The zero-order valence-corrected chi connectivity index (χ0v) is 9.98. The van der Waals surface area contributed by atoms with Crippen LogP contribution in [0, 0.1) is 5.92 Å². The summed E-state index contributed by atoms with van der Waals surface area (Å²) in [5.41, 5.74) is 6.80. The molecule has 1 aliphatic rings. The van der Waals surface area contributed by atoms with Crippen LogP contribution in [0.3, 0.4) is 0 Å². The molecule has 84 valence electrons. The topological polar surface area (TPSA) is 48.1 Å². The van der Waals surface area contributed by atoms with Gasteiger partial charge < -0.3 is 10.5 Å². The molecule has 1 unspecified atom stereocenters. The lowest BCUT2D eigenvalue weighted by molar-refractivity contribution is 0.403. The maximum Gasteiger partial charge on any atom is 0.273 e. The summed E-state index contributed by atoms with van der Waals surface area (Å²) in [6, 6.07) is 0. The molecule has 0 aliphatic heterocycles. The molecule has 0 radical (unpaired) electrons. The van der Waals surface area contributed by atoms with Crippen molar-refractivity contribution in [3.63, 3.8) is 0 Å². The molecule has 2 rings (SSSR count). The Balaban J connectivity index is 1.99. The zero-order valence-electron chi connectivity index (χ0n) is 9.16. The molecule has 3 nitrogen and oxygen atoms in total. The largest absolute Gasteiger partial charge is 0.473 e. The first-order valence-corrected chi connectivity index (χ1v) is 6.37. The van der Waals surface area contributed by atoms with Crippen molar-refractivity contribution in [2.24, 2.45) is 11.7 Å². The Hall–Kier alpha value is -0.610. The van der Waals surface area contributed by atoms with Gasteiger partial charge in [0, 0.05) is 4.88 Å². The van der Waals surface area contributed by atoms with E-state index in [9.17, 15) is 0 Å². The second kappa shape index (κ2) is 4.94. The third-order valence-corrected chi connectivity index (χ3v) is 4.09. The van der Waals surface area contributed by atoms with E-state index >= 15 is 0 Å². The SMILES string of the molecule is COc1nc2c(s1)CC(CCCN)CC2. The van der Waals surface area contributed by atoms with Crippen molar-refractivity contribution < 1.29 is 4.74 Å². The predicted molar refractivity (Wildman–Crippen MR) is 62.5 cm³/mol. The molecule has 0 bridgehead atoms. The van der Waals surface area contributed by atoms with Crippen molar-refractivity contribution in [1.29, 1.82) is 0 Å². The molecule has 0 amide bonds. The lowest BCUT2D eigenvalue weighted by atomic mass is 9.88. The number of aryl methyl sites for hydroxylation is 1. The number of ether oxygens (including phenoxy) is 1. The van der Waals surface area contributed by atoms with E-state index in [-0.39, 0.29) is 0 Å². The van der Waals surface area contributed by atoms with E-state index in [1.807, 2.05) is 0 Å². The number of nitrogens with two attached hydrogens (primary N) is 1. The van der Waals surface area contributed by atoms with Crippen LogP contribution in [-0.4, -0.2) is 18.6 Å². The Bertz CT molecular complexity index is 324. The maximum absolute atomic E-state index is 5.54. The van der Waals surface area contributed by atoms with E-state index in [0.29, 0.717) is 0 Å². The number of hydrogen-bond acceptors (Lipinski definition) is 4. The third-order valence-electron chi connectivity index (χ3n) is 3.01. The van der Waals surface area contributed by atoms with Crippen LogP contribution in [0.2, 0.25) is 0 Å². The number of rotatable bonds is 4. The van der Waals surface area contributed by atoms with Gasteiger partial charge in [0.05, 0.1) is 12.8 Å². The molecule has 1 heterocycles. The Kier molecular flexibility index (Phi) is 3.59. The highest BCUT2D eigenvalue weighted by Crippen LogP contribution is 2.34. The molecule has 0 spiro atoms. The molecular weight excluding hydrogens is 208 g/mol. The molecule has 2 N–H and O–H groups in total. The molecule has 1 aromatic heterocycles. The number of hydrogen-bond donors (Lipinski definition) is 1. The normalized spacial score (nSPS) is 20.0. The molecule has 0 saturated heterocycles. The fraction of sp³-hybridized carbons (Fsp3) is 0.727. The lowest BCUT2D eigenvalue weighted by Gasteiger charge is -2.20. The van der Waals surface area contributed by atoms with Crippen molar-refractivity contribution in [2.75, 3.05) is 13.7 Å². The lowest BCUT2D eigenvalue weighted by Crippen LogP contribution is -2.14. The molecule has 0 fully saturated rings. The van der Waals surface area contributed by atoms with Crippen LogP contribution in [0.1, 0.15) is 29.8 Å². The van der Waals surface area contributed by atoms with E-state index in [2.05, 4.69) is 4.98 Å². The minimum Gasteiger partial charge on any atom is -0.473 e. The first kappa shape index (κ1) is 10.9. The predicted octanol–water partition coefficient (Wildman–Crippen LogP) is 2.00. The Morgan fingerprint density at radius 2 is 2.47 bits per heavy atom. The van der Waals surface area contributed by atoms with E-state index in [1.54, 1.807) is 18.4 Å². The number of fused-ring (bicyclic) bond motifs is 1. The monoisotopic (exact) mass is 226 g/mol. The van der Waals surface area contributed by atoms with Gasteiger partial charge in [-0.1, -0.05) is 11.3 Å². The van der Waals surface area contributed by atoms with Crippen molar-refractivity contribution >= 4 is 11.3 Å². The second-order valence-corrected chi connectivity index (χ2v) is 5.14. The fourth-order valence-electron chi connectivity index (χ4n) is 2.16. The van der Waals surface area contributed by atoms with Crippen LogP contribution < -0.4 is 10.5 Å². The summed E-state index contributed by atoms with van der Waals surface area (Å²) in [6.45, 7) is 0.815. The highest BCUT2D eigenvalue weighted by molar-refractivity contribution is 7.13. The molecule has 1 aliphatic carbocycles. The number of thiazole rings is 1. The van der Waals surface area contributed by atoms with Gasteiger partial charge >= 0.3 is 0 Å². The second-order valence-electron chi connectivity index (χ2n) is 4.09. The van der Waals surface area contributed by atoms with Gasteiger partial charge in [-0.05, 0) is 44.6 Å². The Morgan fingerprint density at radius 1 is 1.60 bits per heavy atom. The van der Waals surface area contributed by atoms with Gasteiger partial charge in [0.25, 0.3) is 5.19 Å². The van der Waals surface area contributed by atoms with Gasteiger partial charge in [0.2, 0.25) is 0 Å². The van der Waals surface area contributed by atoms with Crippen molar-refractivity contribution in [2.45, 2.75) is 32.1 Å². The highest BCUT2D eigenvalue weighted by atomic mass is 32.1. The van der Waals surface area contributed by atoms with Crippen LogP contribution in [0.4, 0.5) is 0 Å². The molecule has 1 aromatic rings. The van der Waals surface area contributed by atoms with E-state index in [1.165, 1.54) is 29.8 Å². The van der Waals surface area contributed by atoms with Gasteiger partial charge in [-0.3, -0.25) is 0 Å². The van der Waals surface area contributed by atoms with E-state index < -0.39 is 0 Å². The molecule has 0 saturated carbocycles. The molecular formula is C11H18N2OS. The van der Waals surface area contributed by atoms with Crippen LogP contribution in [0.25, 0.3) is 0 Å². The smallest absolute Gasteiger partial charge is 0.273 e. The summed E-state index contributed by atoms with van der Waals surface area (Å²) >= 11 is 1.71. The Labute approximate surface area is 94.7 Å². The minimum absolute atomic E-state index is 0.811. The van der Waals surface area contributed by atoms with Gasteiger partial charge in [-0.2, -0.15) is 0 Å². The van der Waals surface area contributed by atoms with Gasteiger partial charge in [0.15, 0.2) is 0 Å². The van der Waals surface area contributed by atoms with Crippen LogP contribution in [-0.2, 0) is 12.8 Å². The summed E-state index contributed by atoms with van der Waals surface area (Å²) in [6.07, 6.45) is 5.97. The Morgan fingerprint density at radius 3 is 3.20 bits per heavy atom. The average Bonchev–Trinajstić information content (AvgIpc) is 2.68. The summed E-state index contributed by atoms with van der Waals surface area (Å²) in [5.74, 6) is 0.811. The van der Waals surface area contributed by atoms with E-state index in [0.717, 1.165) is 30.5 Å². The quantitative estimate of drug-likeness (QED) is 0.854. The molecule has 15 heavy (non-hydrogen) atoms. The first-order valence-electron chi connectivity index (χ1n) is 5.56. The average molecular weight is 226 g/mol. The third kappa shape index (κ3) is 2.49. The van der Waals surface area contributed by atoms with Crippen LogP contribution in [0.5, 0.6) is 5.19 Å². The standard InChI is InChI=1S/C11H18N2OS/c1-14-11-13-9-5-4-8(3-2-6-12)7-10(9)15-11/h8H,2-7,12H2,1H3. The van der Waals surface area contributed by atoms with Crippen molar-refractivity contribution in [3.05, 3.63) is 10.6 Å². The fourth-order valence-corrected chi connectivity index (χ4v) is 3.19. The summed E-state index contributed by atoms with van der Waals surface area (Å²) < 4.78 is 5.17. The van der Waals surface area contributed by atoms with Crippen molar-refractivity contribution in [3.8, 4) is 5.19 Å². The minimum atomic E-state index is 0.811. The number of nitrogens with zero attached hydrogens (tertiary/aromatic N) is 1. The zero-order chi connectivity index (χ0) is 10.7. The number of aromatic nitrogens is 1. The molecule has 1 atom stereocenters. The van der Waals surface area contributed by atoms with Crippen molar-refractivity contribution in [1.82, 2.24) is 4.98 Å². The van der Waals surface area contributed by atoms with E-state index in [4.69, 9.17) is 10.5 Å². The summed E-state index contributed by atoms with van der Waals surface area (Å²) in [4.78, 5) is 5.89. The first-order chi connectivity index (χ1) is 7.33. The molecule has 4 heteroatoms. The van der Waals surface area contributed by atoms with Gasteiger partial charge in [-0.15, -0.1) is 0 Å². The summed E-state index contributed by atoms with van der Waals surface area (Å²) in [5, 5.41) is 0.819. The molecule has 0 aromatic carbocycles. The maximum atomic E-state index is 5.54. The highest BCUT2D eigenvalue weighted by Gasteiger charge is 2.22. The van der Waals surface area contributed by atoms with Gasteiger partial charge in [0.1, 0.15) is 0 Å². The van der Waals surface area contributed by atoms with Crippen LogP contribution in [0.15, 0.2) is 0 Å². The number of methoxy groups -OCH3 is 1.